The number of hydrogen-bond acceptors (Lipinski definition) is 4. The van der Waals surface area contributed by atoms with Gasteiger partial charge in [-0.15, -0.1) is 0 Å². The molecule has 0 bridgehead atoms. The average molecular weight is 563 g/mol. The van der Waals surface area contributed by atoms with Crippen LogP contribution in [0.1, 0.15) is 24.4 Å². The second-order valence-electron chi connectivity index (χ2n) is 8.73. The molecule has 0 unspecified atom stereocenters. The van der Waals surface area contributed by atoms with Crippen LogP contribution >= 0.6 is 15.9 Å². The third-order valence-electron chi connectivity index (χ3n) is 6.11. The van der Waals surface area contributed by atoms with Crippen LogP contribution in [-0.2, 0) is 20.7 Å². The molecule has 1 fully saturated rings. The van der Waals surface area contributed by atoms with Gasteiger partial charge in [-0.2, -0.15) is 5.10 Å². The number of ether oxygens (including phenoxy) is 1. The highest BCUT2D eigenvalue weighted by atomic mass is 79.9. The molecule has 2 heterocycles. The van der Waals surface area contributed by atoms with Crippen LogP contribution in [0, 0.1) is 5.82 Å². The van der Waals surface area contributed by atoms with Crippen LogP contribution < -0.4 is 5.32 Å². The lowest BCUT2D eigenvalue weighted by atomic mass is 10.1. The minimum atomic E-state index is -0.678. The number of hydrogen-bond donors (Lipinski definition) is 1. The molecule has 0 spiro atoms. The molecule has 0 radical (unpaired) electrons. The smallest absolute Gasteiger partial charge is 0.251 e. The van der Waals surface area contributed by atoms with Gasteiger partial charge in [0.2, 0.25) is 5.91 Å². The molecular formula is C28H24BrFN4O3. The predicted molar refractivity (Wildman–Crippen MR) is 142 cm³/mol. The molecule has 1 atom stereocenters. The van der Waals surface area contributed by atoms with Gasteiger partial charge in [0, 0.05) is 35.4 Å². The van der Waals surface area contributed by atoms with Crippen molar-refractivity contribution in [3.63, 3.8) is 0 Å². The van der Waals surface area contributed by atoms with E-state index in [0.717, 1.165) is 32.5 Å². The van der Waals surface area contributed by atoms with E-state index in [-0.39, 0.29) is 24.2 Å². The molecule has 1 aliphatic heterocycles. The van der Waals surface area contributed by atoms with E-state index in [0.29, 0.717) is 18.7 Å². The van der Waals surface area contributed by atoms with E-state index in [9.17, 15) is 14.0 Å². The van der Waals surface area contributed by atoms with Crippen molar-refractivity contribution in [3.8, 4) is 16.8 Å². The lowest BCUT2D eigenvalue weighted by Crippen LogP contribution is -2.31. The summed E-state index contributed by atoms with van der Waals surface area (Å²) < 4.78 is 22.3. The Morgan fingerprint density at radius 1 is 1.08 bits per heavy atom. The number of nitrogens with zero attached hydrogens (tertiary/aromatic N) is 3. The van der Waals surface area contributed by atoms with Gasteiger partial charge in [0.1, 0.15) is 18.1 Å². The van der Waals surface area contributed by atoms with Crippen molar-refractivity contribution >= 4 is 33.4 Å². The van der Waals surface area contributed by atoms with Crippen molar-refractivity contribution in [1.29, 1.82) is 0 Å². The molecule has 1 aromatic heterocycles. The van der Waals surface area contributed by atoms with Gasteiger partial charge in [-0.05, 0) is 66.1 Å². The zero-order chi connectivity index (χ0) is 25.9. The second kappa shape index (κ2) is 10.7. The van der Waals surface area contributed by atoms with E-state index >= 15 is 0 Å². The van der Waals surface area contributed by atoms with E-state index in [2.05, 4.69) is 21.2 Å². The molecule has 188 valence electrons. The molecule has 1 saturated heterocycles. The Morgan fingerprint density at radius 3 is 2.46 bits per heavy atom. The van der Waals surface area contributed by atoms with Crippen LogP contribution in [0.2, 0.25) is 0 Å². The van der Waals surface area contributed by atoms with Crippen molar-refractivity contribution in [3.05, 3.63) is 101 Å². The van der Waals surface area contributed by atoms with Crippen LogP contribution in [0.3, 0.4) is 0 Å². The molecule has 4 aromatic rings. The van der Waals surface area contributed by atoms with E-state index in [1.165, 1.54) is 19.1 Å². The van der Waals surface area contributed by atoms with Gasteiger partial charge in [-0.3, -0.25) is 9.59 Å². The Morgan fingerprint density at radius 2 is 1.78 bits per heavy atom. The van der Waals surface area contributed by atoms with Gasteiger partial charge < -0.3 is 15.0 Å². The van der Waals surface area contributed by atoms with Gasteiger partial charge in [0.25, 0.3) is 5.91 Å². The Balaban J connectivity index is 1.44. The highest BCUT2D eigenvalue weighted by Crippen LogP contribution is 2.35. The maximum Gasteiger partial charge on any atom is 0.251 e. The molecule has 0 aliphatic carbocycles. The highest BCUT2D eigenvalue weighted by Gasteiger charge is 2.36. The molecule has 7 nitrogen and oxygen atoms in total. The molecule has 37 heavy (non-hydrogen) atoms. The Bertz CT molecular complexity index is 1420. The van der Waals surface area contributed by atoms with Gasteiger partial charge in [0.15, 0.2) is 6.23 Å². The molecule has 2 amide bonds. The fourth-order valence-electron chi connectivity index (χ4n) is 4.28. The van der Waals surface area contributed by atoms with Crippen molar-refractivity contribution in [2.75, 3.05) is 18.5 Å². The van der Waals surface area contributed by atoms with Crippen molar-refractivity contribution in [1.82, 2.24) is 14.7 Å². The normalized spacial score (nSPS) is 15.3. The Kier molecular flexibility index (Phi) is 7.16. The Labute approximate surface area is 222 Å². The summed E-state index contributed by atoms with van der Waals surface area (Å²) in [5.41, 5.74) is 4.70. The van der Waals surface area contributed by atoms with Gasteiger partial charge >= 0.3 is 0 Å². The number of benzene rings is 3. The van der Waals surface area contributed by atoms with Gasteiger partial charge in [-0.25, -0.2) is 9.07 Å². The van der Waals surface area contributed by atoms with Crippen LogP contribution in [0.25, 0.3) is 16.8 Å². The topological polar surface area (TPSA) is 76.5 Å². The average Bonchev–Trinajstić information content (AvgIpc) is 3.48. The van der Waals surface area contributed by atoms with Crippen LogP contribution in [-0.4, -0.2) is 39.6 Å². The molecule has 1 N–H and O–H groups in total. The van der Waals surface area contributed by atoms with Crippen LogP contribution in [0.15, 0.2) is 83.5 Å². The minimum Gasteiger partial charge on any atom is -0.342 e. The monoisotopic (exact) mass is 562 g/mol. The minimum absolute atomic E-state index is 0.0415. The summed E-state index contributed by atoms with van der Waals surface area (Å²) in [7, 11) is 0. The largest absolute Gasteiger partial charge is 0.342 e. The van der Waals surface area contributed by atoms with Crippen LogP contribution in [0.4, 0.5) is 10.1 Å². The lowest BCUT2D eigenvalue weighted by Gasteiger charge is -2.23. The van der Waals surface area contributed by atoms with E-state index in [1.54, 1.807) is 21.7 Å². The first-order valence-corrected chi connectivity index (χ1v) is 12.6. The molecule has 1 aliphatic rings. The third-order valence-corrected chi connectivity index (χ3v) is 6.64. The number of aromatic nitrogens is 2. The zero-order valence-corrected chi connectivity index (χ0v) is 21.6. The van der Waals surface area contributed by atoms with E-state index in [1.807, 2.05) is 54.7 Å². The third kappa shape index (κ3) is 5.63. The number of halogens is 2. The molecular weight excluding hydrogens is 539 g/mol. The van der Waals surface area contributed by atoms with E-state index in [4.69, 9.17) is 9.84 Å². The summed E-state index contributed by atoms with van der Waals surface area (Å²) in [4.78, 5) is 25.8. The SMILES string of the molecule is CC(=O)Nc1ccc(CCN2C(=O)CO[C@H]2c2nn(-c3ccc(Br)cc3)cc2-c2ccc(F)cc2)cc1. The first-order chi connectivity index (χ1) is 17.9. The standard InChI is InChI=1S/C28H24BrFN4O3/c1-18(35)31-23-10-2-19(3-11-23)14-15-33-26(36)17-37-28(33)27-25(20-4-8-22(30)9-5-20)16-34(32-27)24-12-6-21(29)7-13-24/h2-13,16,28H,14-15,17H2,1H3,(H,31,35)/t28-/m0/s1. The fourth-order valence-corrected chi connectivity index (χ4v) is 4.54. The number of carbonyl (C=O) groups is 2. The predicted octanol–water partition coefficient (Wildman–Crippen LogP) is 5.50. The van der Waals surface area contributed by atoms with Crippen molar-refractivity contribution in [2.24, 2.45) is 0 Å². The van der Waals surface area contributed by atoms with Crippen molar-refractivity contribution < 1.29 is 18.7 Å². The molecule has 3 aromatic carbocycles. The summed E-state index contributed by atoms with van der Waals surface area (Å²) in [6, 6.07) is 21.4. The molecule has 5 rings (SSSR count). The number of anilines is 1. The second-order valence-corrected chi connectivity index (χ2v) is 9.65. The number of amides is 2. The van der Waals surface area contributed by atoms with Gasteiger partial charge in [0.05, 0.1) is 5.69 Å². The highest BCUT2D eigenvalue weighted by molar-refractivity contribution is 9.10. The first-order valence-electron chi connectivity index (χ1n) is 11.8. The number of rotatable bonds is 7. The summed E-state index contributed by atoms with van der Waals surface area (Å²) in [5, 5.41) is 7.57. The Hall–Kier alpha value is -3.82. The maximum atomic E-state index is 13.7. The summed E-state index contributed by atoms with van der Waals surface area (Å²) >= 11 is 3.45. The molecule has 9 heteroatoms. The van der Waals surface area contributed by atoms with Crippen LogP contribution in [0.5, 0.6) is 0 Å². The number of nitrogens with one attached hydrogen (secondary N) is 1. The van der Waals surface area contributed by atoms with Crippen molar-refractivity contribution in [2.45, 2.75) is 19.6 Å². The molecule has 0 saturated carbocycles. The van der Waals surface area contributed by atoms with E-state index < -0.39 is 6.23 Å². The maximum absolute atomic E-state index is 13.7. The number of carbonyl (C=O) groups excluding carboxylic acids is 2. The van der Waals surface area contributed by atoms with Gasteiger partial charge in [-0.1, -0.05) is 40.2 Å². The lowest BCUT2D eigenvalue weighted by molar-refractivity contribution is -0.128. The fraction of sp³-hybridized carbons (Fsp3) is 0.179. The first kappa shape index (κ1) is 24.9. The summed E-state index contributed by atoms with van der Waals surface area (Å²) in [6.45, 7) is 1.85. The summed E-state index contributed by atoms with van der Waals surface area (Å²) in [5.74, 6) is -0.581. The quantitative estimate of drug-likeness (QED) is 0.322. The zero-order valence-electron chi connectivity index (χ0n) is 20.0. The summed E-state index contributed by atoms with van der Waals surface area (Å²) in [6.07, 6.45) is 1.80.